The summed E-state index contributed by atoms with van der Waals surface area (Å²) in [7, 11) is 0. The molecule has 0 aliphatic rings. The van der Waals surface area contributed by atoms with Gasteiger partial charge in [-0.3, -0.25) is 0 Å². The second-order valence-electron chi connectivity index (χ2n) is 5.39. The van der Waals surface area contributed by atoms with Gasteiger partial charge in [0.1, 0.15) is 0 Å². The van der Waals surface area contributed by atoms with Gasteiger partial charge in [0.2, 0.25) is 0 Å². The Balaban J connectivity index is 1.57. The summed E-state index contributed by atoms with van der Waals surface area (Å²) < 4.78 is 6.79. The van der Waals surface area contributed by atoms with Crippen LogP contribution >= 0.6 is 0 Å². The van der Waals surface area contributed by atoms with E-state index >= 15 is 0 Å². The van der Waals surface area contributed by atoms with Gasteiger partial charge >= 0.3 is 12.0 Å². The van der Waals surface area contributed by atoms with Crippen LogP contribution < -0.4 is 10.6 Å². The van der Waals surface area contributed by atoms with Crippen molar-refractivity contribution in [3.05, 3.63) is 72.8 Å². The number of amides is 2. The van der Waals surface area contributed by atoms with Crippen molar-refractivity contribution >= 4 is 23.4 Å². The van der Waals surface area contributed by atoms with E-state index in [2.05, 4.69) is 15.6 Å². The lowest BCUT2D eigenvalue weighted by Gasteiger charge is -2.09. The normalized spacial score (nSPS) is 10.2. The fourth-order valence-corrected chi connectivity index (χ4v) is 2.33. The molecule has 2 aromatic carbocycles. The first-order chi connectivity index (χ1) is 12.7. The summed E-state index contributed by atoms with van der Waals surface area (Å²) in [6, 6.07) is 13.5. The quantitative estimate of drug-likeness (QED) is 0.687. The third-order valence-electron chi connectivity index (χ3n) is 3.58. The van der Waals surface area contributed by atoms with Gasteiger partial charge in [0, 0.05) is 29.5 Å². The fourth-order valence-electron chi connectivity index (χ4n) is 2.33. The number of esters is 1. The van der Waals surface area contributed by atoms with Gasteiger partial charge < -0.3 is 19.9 Å². The van der Waals surface area contributed by atoms with Crippen LogP contribution in [-0.4, -0.2) is 28.2 Å². The summed E-state index contributed by atoms with van der Waals surface area (Å²) in [5.41, 5.74) is 2.62. The lowest BCUT2D eigenvalue weighted by Crippen LogP contribution is -2.19. The molecule has 2 amide bonds. The lowest BCUT2D eigenvalue weighted by atomic mass is 10.2. The summed E-state index contributed by atoms with van der Waals surface area (Å²) >= 11 is 0. The molecule has 0 atom stereocenters. The van der Waals surface area contributed by atoms with Crippen LogP contribution in [0.2, 0.25) is 0 Å². The third kappa shape index (κ3) is 4.27. The molecule has 0 spiro atoms. The fraction of sp³-hybridized carbons (Fsp3) is 0.105. The Morgan fingerprint density at radius 1 is 1.00 bits per heavy atom. The highest BCUT2D eigenvalue weighted by molar-refractivity contribution is 6.00. The number of nitrogens with one attached hydrogen (secondary N) is 2. The number of imidazole rings is 1. The maximum absolute atomic E-state index is 12.1. The minimum Gasteiger partial charge on any atom is -0.462 e. The molecule has 132 valence electrons. The monoisotopic (exact) mass is 350 g/mol. The van der Waals surface area contributed by atoms with E-state index in [1.54, 1.807) is 55.8 Å². The molecule has 2 N–H and O–H groups in total. The highest BCUT2D eigenvalue weighted by Gasteiger charge is 2.07. The van der Waals surface area contributed by atoms with Gasteiger partial charge in [0.05, 0.1) is 18.5 Å². The van der Waals surface area contributed by atoms with Crippen LogP contribution in [-0.2, 0) is 4.74 Å². The predicted molar refractivity (Wildman–Crippen MR) is 98.6 cm³/mol. The Morgan fingerprint density at radius 2 is 1.62 bits per heavy atom. The van der Waals surface area contributed by atoms with Gasteiger partial charge in [-0.25, -0.2) is 14.6 Å². The molecule has 0 saturated carbocycles. The van der Waals surface area contributed by atoms with Crippen molar-refractivity contribution in [3.63, 3.8) is 0 Å². The molecule has 3 aromatic rings. The molecule has 0 bridgehead atoms. The average molecular weight is 350 g/mol. The number of aromatic nitrogens is 2. The molecule has 7 nitrogen and oxygen atoms in total. The largest absolute Gasteiger partial charge is 0.462 e. The van der Waals surface area contributed by atoms with Gasteiger partial charge in [-0.15, -0.1) is 0 Å². The number of benzene rings is 2. The molecule has 3 rings (SSSR count). The second kappa shape index (κ2) is 7.98. The van der Waals surface area contributed by atoms with E-state index in [9.17, 15) is 9.59 Å². The Kier molecular flexibility index (Phi) is 5.28. The zero-order chi connectivity index (χ0) is 18.4. The van der Waals surface area contributed by atoms with E-state index in [0.29, 0.717) is 23.5 Å². The number of nitrogens with zero attached hydrogens (tertiary/aromatic N) is 2. The molecule has 0 fully saturated rings. The predicted octanol–water partition coefficient (Wildman–Crippen LogP) is 3.69. The molecular formula is C19H18N4O3. The summed E-state index contributed by atoms with van der Waals surface area (Å²) in [6.07, 6.45) is 5.25. The minimum atomic E-state index is -0.388. The van der Waals surface area contributed by atoms with Gasteiger partial charge in [-0.05, 0) is 55.5 Å². The van der Waals surface area contributed by atoms with Crippen LogP contribution in [0.4, 0.5) is 16.2 Å². The van der Waals surface area contributed by atoms with Crippen molar-refractivity contribution in [3.8, 4) is 5.69 Å². The zero-order valence-corrected chi connectivity index (χ0v) is 14.2. The number of urea groups is 1. The van der Waals surface area contributed by atoms with Gasteiger partial charge in [0.15, 0.2) is 0 Å². The molecular weight excluding hydrogens is 332 g/mol. The Bertz CT molecular complexity index is 872. The minimum absolute atomic E-state index is 0.320. The molecule has 7 heteroatoms. The van der Waals surface area contributed by atoms with Crippen LogP contribution in [0.1, 0.15) is 17.3 Å². The molecule has 0 aliphatic carbocycles. The third-order valence-corrected chi connectivity index (χ3v) is 3.58. The van der Waals surface area contributed by atoms with Gasteiger partial charge in [-0.2, -0.15) is 0 Å². The van der Waals surface area contributed by atoms with E-state index < -0.39 is 0 Å². The van der Waals surface area contributed by atoms with Crippen LogP contribution in [0.15, 0.2) is 67.3 Å². The maximum Gasteiger partial charge on any atom is 0.338 e. The number of carbonyl (C=O) groups excluding carboxylic acids is 2. The highest BCUT2D eigenvalue weighted by atomic mass is 16.5. The van der Waals surface area contributed by atoms with Gasteiger partial charge in [0.25, 0.3) is 0 Å². The van der Waals surface area contributed by atoms with Crippen molar-refractivity contribution < 1.29 is 14.3 Å². The first-order valence-corrected chi connectivity index (χ1v) is 8.09. The van der Waals surface area contributed by atoms with Crippen LogP contribution in [0.3, 0.4) is 0 Å². The van der Waals surface area contributed by atoms with E-state index in [1.165, 1.54) is 0 Å². The topological polar surface area (TPSA) is 85.2 Å². The number of rotatable bonds is 5. The number of hydrogen-bond donors (Lipinski definition) is 2. The maximum atomic E-state index is 12.1. The van der Waals surface area contributed by atoms with E-state index in [0.717, 1.165) is 5.69 Å². The SMILES string of the molecule is CCOC(=O)c1ccc(NC(=O)Nc2ccc(-n3ccnc3)cc2)cc1. The number of ether oxygens (including phenoxy) is 1. The standard InChI is InChI=1S/C19H18N4O3/c1-2-26-18(24)14-3-5-15(6-4-14)21-19(25)22-16-7-9-17(10-8-16)23-12-11-20-13-23/h3-13H,2H2,1H3,(H2,21,22,25). The Labute approximate surface area is 150 Å². The molecule has 26 heavy (non-hydrogen) atoms. The number of carbonyl (C=O) groups is 2. The number of hydrogen-bond acceptors (Lipinski definition) is 4. The van der Waals surface area contributed by atoms with Crippen molar-refractivity contribution in [2.45, 2.75) is 6.92 Å². The van der Waals surface area contributed by atoms with Crippen LogP contribution in [0.25, 0.3) is 5.69 Å². The second-order valence-corrected chi connectivity index (χ2v) is 5.39. The Morgan fingerprint density at radius 3 is 2.15 bits per heavy atom. The van der Waals surface area contributed by atoms with Crippen molar-refractivity contribution in [2.75, 3.05) is 17.2 Å². The van der Waals surface area contributed by atoms with E-state index in [4.69, 9.17) is 4.74 Å². The summed E-state index contributed by atoms with van der Waals surface area (Å²) in [4.78, 5) is 27.7. The van der Waals surface area contributed by atoms with Crippen molar-refractivity contribution in [1.29, 1.82) is 0 Å². The summed E-state index contributed by atoms with van der Waals surface area (Å²) in [5.74, 6) is -0.388. The zero-order valence-electron chi connectivity index (χ0n) is 14.2. The van der Waals surface area contributed by atoms with Crippen LogP contribution in [0.5, 0.6) is 0 Å². The lowest BCUT2D eigenvalue weighted by molar-refractivity contribution is 0.0526. The molecule has 0 unspecified atom stereocenters. The van der Waals surface area contributed by atoms with E-state index in [-0.39, 0.29) is 12.0 Å². The summed E-state index contributed by atoms with van der Waals surface area (Å²) in [5, 5.41) is 5.47. The van der Waals surface area contributed by atoms with Crippen molar-refractivity contribution in [2.24, 2.45) is 0 Å². The molecule has 1 heterocycles. The average Bonchev–Trinajstić information content (AvgIpc) is 3.18. The molecule has 0 radical (unpaired) electrons. The molecule has 1 aromatic heterocycles. The summed E-state index contributed by atoms with van der Waals surface area (Å²) in [6.45, 7) is 2.07. The first kappa shape index (κ1) is 17.2. The number of anilines is 2. The van der Waals surface area contributed by atoms with Gasteiger partial charge in [-0.1, -0.05) is 0 Å². The van der Waals surface area contributed by atoms with Crippen molar-refractivity contribution in [1.82, 2.24) is 9.55 Å². The molecule has 0 saturated heterocycles. The molecule has 0 aliphatic heterocycles. The smallest absolute Gasteiger partial charge is 0.338 e. The first-order valence-electron chi connectivity index (χ1n) is 8.09. The van der Waals surface area contributed by atoms with Crippen LogP contribution in [0, 0.1) is 0 Å². The Hall–Kier alpha value is -3.61. The van der Waals surface area contributed by atoms with E-state index in [1.807, 2.05) is 22.9 Å². The highest BCUT2D eigenvalue weighted by Crippen LogP contribution is 2.15.